The van der Waals surface area contributed by atoms with Crippen LogP contribution in [0.5, 0.6) is 0 Å². The van der Waals surface area contributed by atoms with Crippen LogP contribution in [-0.2, 0) is 9.59 Å². The maximum Gasteiger partial charge on any atom is 0.238 e. The molecule has 4 heteroatoms. The second-order valence-electron chi connectivity index (χ2n) is 5.64. The Morgan fingerprint density at radius 3 is 2.00 bits per heavy atom. The molecule has 1 saturated carbocycles. The van der Waals surface area contributed by atoms with E-state index in [4.69, 9.17) is 5.73 Å². The summed E-state index contributed by atoms with van der Waals surface area (Å²) in [5.74, 6) is -0.439. The molecule has 1 aliphatic heterocycles. The number of primary amides is 1. The number of carbonyl (C=O) groups excluding carboxylic acids is 2. The Kier molecular flexibility index (Phi) is 3.15. The van der Waals surface area contributed by atoms with Gasteiger partial charge in [0.05, 0.1) is 0 Å². The summed E-state index contributed by atoms with van der Waals surface area (Å²) in [4.78, 5) is 26.3. The zero-order valence-electron chi connectivity index (χ0n) is 10.7. The summed E-state index contributed by atoms with van der Waals surface area (Å²) in [7, 11) is 0. The predicted molar refractivity (Wildman–Crippen MR) is 65.1 cm³/mol. The summed E-state index contributed by atoms with van der Waals surface area (Å²) in [6.45, 7) is 4.12. The number of amides is 2. The van der Waals surface area contributed by atoms with Crippen LogP contribution >= 0.6 is 0 Å². The number of hydrogen-bond donors (Lipinski definition) is 1. The van der Waals surface area contributed by atoms with Gasteiger partial charge in [-0.05, 0) is 39.5 Å². The third kappa shape index (κ3) is 1.83. The maximum atomic E-state index is 12.7. The summed E-state index contributed by atoms with van der Waals surface area (Å²) in [6, 6.07) is 0.489. The molecule has 2 amide bonds. The SMILES string of the molecule is CC1CC[C@@H](C)N1C(=O)C1(C(N)=O)CCCC1. The van der Waals surface area contributed by atoms with E-state index >= 15 is 0 Å². The molecular formula is C13H22N2O2. The second kappa shape index (κ2) is 4.31. The topological polar surface area (TPSA) is 63.4 Å². The predicted octanol–water partition coefficient (Wildman–Crippen LogP) is 1.43. The molecule has 2 N–H and O–H groups in total. The van der Waals surface area contributed by atoms with Gasteiger partial charge in [0.2, 0.25) is 11.8 Å². The molecule has 0 aromatic carbocycles. The highest BCUT2D eigenvalue weighted by Gasteiger charge is 2.51. The lowest BCUT2D eigenvalue weighted by Crippen LogP contribution is -2.52. The Labute approximate surface area is 103 Å². The molecule has 96 valence electrons. The van der Waals surface area contributed by atoms with Gasteiger partial charge in [0.15, 0.2) is 0 Å². The van der Waals surface area contributed by atoms with Gasteiger partial charge in [0.1, 0.15) is 5.41 Å². The minimum Gasteiger partial charge on any atom is -0.369 e. The van der Waals surface area contributed by atoms with Crippen LogP contribution in [0.15, 0.2) is 0 Å². The Morgan fingerprint density at radius 2 is 1.59 bits per heavy atom. The second-order valence-corrected chi connectivity index (χ2v) is 5.64. The minimum atomic E-state index is -0.896. The highest BCUT2D eigenvalue weighted by Crippen LogP contribution is 2.41. The lowest BCUT2D eigenvalue weighted by Gasteiger charge is -2.34. The third-order valence-corrected chi connectivity index (χ3v) is 4.52. The summed E-state index contributed by atoms with van der Waals surface area (Å²) >= 11 is 0. The van der Waals surface area contributed by atoms with Crippen LogP contribution in [0, 0.1) is 5.41 Å². The first kappa shape index (κ1) is 12.4. The van der Waals surface area contributed by atoms with Gasteiger partial charge < -0.3 is 10.6 Å². The molecule has 0 aromatic rings. The van der Waals surface area contributed by atoms with E-state index in [0.29, 0.717) is 12.8 Å². The molecule has 1 saturated heterocycles. The van der Waals surface area contributed by atoms with E-state index < -0.39 is 11.3 Å². The van der Waals surface area contributed by atoms with Crippen molar-refractivity contribution >= 4 is 11.8 Å². The lowest BCUT2D eigenvalue weighted by atomic mass is 9.83. The summed E-state index contributed by atoms with van der Waals surface area (Å²) in [6.07, 6.45) is 5.20. The molecule has 0 bridgehead atoms. The minimum absolute atomic E-state index is 0.0139. The van der Waals surface area contributed by atoms with E-state index in [1.165, 1.54) is 0 Å². The van der Waals surface area contributed by atoms with Gasteiger partial charge in [0.25, 0.3) is 0 Å². The van der Waals surface area contributed by atoms with Crippen molar-refractivity contribution in [2.45, 2.75) is 64.5 Å². The van der Waals surface area contributed by atoms with Crippen molar-refractivity contribution in [3.63, 3.8) is 0 Å². The Morgan fingerprint density at radius 1 is 1.12 bits per heavy atom. The molecule has 0 spiro atoms. The molecule has 2 rings (SSSR count). The highest BCUT2D eigenvalue weighted by atomic mass is 16.2. The van der Waals surface area contributed by atoms with Gasteiger partial charge in [-0.25, -0.2) is 0 Å². The van der Waals surface area contributed by atoms with Crippen LogP contribution in [0.4, 0.5) is 0 Å². The van der Waals surface area contributed by atoms with Gasteiger partial charge in [-0.2, -0.15) is 0 Å². The number of carbonyl (C=O) groups is 2. The number of rotatable bonds is 2. The van der Waals surface area contributed by atoms with E-state index in [0.717, 1.165) is 25.7 Å². The first-order valence-corrected chi connectivity index (χ1v) is 6.62. The first-order chi connectivity index (χ1) is 7.99. The smallest absolute Gasteiger partial charge is 0.238 e. The quantitative estimate of drug-likeness (QED) is 0.740. The molecule has 4 nitrogen and oxygen atoms in total. The fourth-order valence-electron chi connectivity index (χ4n) is 3.39. The largest absolute Gasteiger partial charge is 0.369 e. The zero-order valence-corrected chi connectivity index (χ0v) is 10.7. The molecule has 0 aromatic heterocycles. The summed E-state index contributed by atoms with van der Waals surface area (Å²) in [5.41, 5.74) is 4.61. The molecule has 0 radical (unpaired) electrons. The van der Waals surface area contributed by atoms with E-state index in [2.05, 4.69) is 13.8 Å². The Hall–Kier alpha value is -1.06. The third-order valence-electron chi connectivity index (χ3n) is 4.52. The average molecular weight is 238 g/mol. The van der Waals surface area contributed by atoms with Gasteiger partial charge in [-0.1, -0.05) is 12.8 Å². The van der Waals surface area contributed by atoms with Crippen LogP contribution in [0.25, 0.3) is 0 Å². The monoisotopic (exact) mass is 238 g/mol. The molecule has 2 aliphatic rings. The number of nitrogens with zero attached hydrogens (tertiary/aromatic N) is 1. The van der Waals surface area contributed by atoms with Gasteiger partial charge >= 0.3 is 0 Å². The van der Waals surface area contributed by atoms with Crippen molar-refractivity contribution in [1.82, 2.24) is 4.90 Å². The molecule has 1 unspecified atom stereocenters. The van der Waals surface area contributed by atoms with Gasteiger partial charge in [-0.3, -0.25) is 9.59 Å². The molecule has 2 atom stereocenters. The zero-order chi connectivity index (χ0) is 12.6. The van der Waals surface area contributed by atoms with E-state index in [1.807, 2.05) is 4.90 Å². The van der Waals surface area contributed by atoms with Crippen LogP contribution in [0.1, 0.15) is 52.4 Å². The van der Waals surface area contributed by atoms with Crippen molar-refractivity contribution in [1.29, 1.82) is 0 Å². The van der Waals surface area contributed by atoms with Crippen molar-refractivity contribution < 1.29 is 9.59 Å². The maximum absolute atomic E-state index is 12.7. The van der Waals surface area contributed by atoms with Gasteiger partial charge in [-0.15, -0.1) is 0 Å². The normalized spacial score (nSPS) is 31.8. The van der Waals surface area contributed by atoms with E-state index in [1.54, 1.807) is 0 Å². The number of nitrogens with two attached hydrogens (primary N) is 1. The fourth-order valence-corrected chi connectivity index (χ4v) is 3.39. The van der Waals surface area contributed by atoms with Crippen LogP contribution < -0.4 is 5.73 Å². The van der Waals surface area contributed by atoms with Gasteiger partial charge in [0, 0.05) is 12.1 Å². The van der Waals surface area contributed by atoms with Crippen LogP contribution in [0.3, 0.4) is 0 Å². The fraction of sp³-hybridized carbons (Fsp3) is 0.846. The van der Waals surface area contributed by atoms with E-state index in [9.17, 15) is 9.59 Å². The standard InChI is InChI=1S/C13H22N2O2/c1-9-5-6-10(2)15(9)12(17)13(11(14)16)7-3-4-8-13/h9-10H,3-8H2,1-2H3,(H2,14,16)/t9-,10?/m1/s1. The van der Waals surface area contributed by atoms with E-state index in [-0.39, 0.29) is 18.0 Å². The van der Waals surface area contributed by atoms with Crippen LogP contribution in [0.2, 0.25) is 0 Å². The van der Waals surface area contributed by atoms with Crippen molar-refractivity contribution in [3.05, 3.63) is 0 Å². The highest BCUT2D eigenvalue weighted by molar-refractivity contribution is 6.04. The molecule has 2 fully saturated rings. The Bertz CT molecular complexity index is 324. The van der Waals surface area contributed by atoms with Crippen molar-refractivity contribution in [2.75, 3.05) is 0 Å². The number of likely N-dealkylation sites (tertiary alicyclic amines) is 1. The summed E-state index contributed by atoms with van der Waals surface area (Å²) < 4.78 is 0. The molecule has 1 aliphatic carbocycles. The molecule has 1 heterocycles. The average Bonchev–Trinajstić information content (AvgIpc) is 2.86. The Balaban J connectivity index is 2.25. The van der Waals surface area contributed by atoms with Crippen molar-refractivity contribution in [3.8, 4) is 0 Å². The number of hydrogen-bond acceptors (Lipinski definition) is 2. The lowest BCUT2D eigenvalue weighted by molar-refractivity contribution is -0.151. The van der Waals surface area contributed by atoms with Crippen molar-refractivity contribution in [2.24, 2.45) is 11.1 Å². The first-order valence-electron chi connectivity index (χ1n) is 6.62. The van der Waals surface area contributed by atoms with Crippen LogP contribution in [-0.4, -0.2) is 28.8 Å². The summed E-state index contributed by atoms with van der Waals surface area (Å²) in [5, 5.41) is 0. The molecule has 17 heavy (non-hydrogen) atoms. The molecular weight excluding hydrogens is 216 g/mol.